The van der Waals surface area contributed by atoms with Crippen molar-refractivity contribution in [3.63, 3.8) is 0 Å². The Hall–Kier alpha value is -0.120. The van der Waals surface area contributed by atoms with Crippen molar-refractivity contribution in [3.05, 3.63) is 0 Å². The van der Waals surface area contributed by atoms with Crippen LogP contribution in [0.15, 0.2) is 0 Å². The zero-order chi connectivity index (χ0) is 6.62. The first-order valence-corrected chi connectivity index (χ1v) is 1.68. The van der Waals surface area contributed by atoms with Crippen LogP contribution in [0.4, 0.5) is 0 Å². The molecule has 0 aromatic heterocycles. The van der Waals surface area contributed by atoms with Gasteiger partial charge in [0.2, 0.25) is 0 Å². The van der Waals surface area contributed by atoms with Crippen molar-refractivity contribution in [3.8, 4) is 0 Å². The van der Waals surface area contributed by atoms with E-state index in [-0.39, 0.29) is 6.54 Å². The van der Waals surface area contributed by atoms with E-state index in [2.05, 4.69) is 0 Å². The lowest BCUT2D eigenvalue weighted by Crippen LogP contribution is -2.43. The van der Waals surface area contributed by atoms with E-state index in [1.165, 1.54) is 6.92 Å². The summed E-state index contributed by atoms with van der Waals surface area (Å²) in [7, 11) is 0. The number of rotatable bonds is 3. The topological polar surface area (TPSA) is 72.3 Å². The van der Waals surface area contributed by atoms with Crippen LogP contribution >= 0.6 is 0 Å². The molecule has 5 N–H and O–H groups in total. The van der Waals surface area contributed by atoms with Gasteiger partial charge in [-0.05, 0) is 6.92 Å². The van der Waals surface area contributed by atoms with Crippen molar-refractivity contribution < 1.29 is 7.93 Å². The molecule has 6 heavy (non-hydrogen) atoms. The average molecular weight is 92.1 g/mol. The van der Waals surface area contributed by atoms with Gasteiger partial charge in [0.05, 0.1) is 0 Å². The Bertz CT molecular complexity index is 68.3. The van der Waals surface area contributed by atoms with Gasteiger partial charge < -0.3 is 16.6 Å². The number of nitrogens with two attached hydrogens (primary N) is 2. The van der Waals surface area contributed by atoms with Gasteiger partial charge in [-0.2, -0.15) is 0 Å². The number of hydrogen-bond donors (Lipinski definition) is 3. The normalized spacial score (nSPS) is 24.3. The Labute approximate surface area is 39.9 Å². The van der Waals surface area contributed by atoms with Crippen molar-refractivity contribution in [2.24, 2.45) is 11.5 Å². The van der Waals surface area contributed by atoms with Crippen LogP contribution in [0, 0.1) is 0 Å². The third kappa shape index (κ3) is 3.88. The number of aliphatic hydroxyl groups is 1. The van der Waals surface area contributed by atoms with Crippen molar-refractivity contribution in [1.29, 1.82) is 0 Å². The smallest absolute Gasteiger partial charge is 0.123 e. The molecule has 0 saturated heterocycles. The highest BCUT2D eigenvalue weighted by Gasteiger charge is 2.06. The number of hydrogen-bond acceptors (Lipinski definition) is 3. The van der Waals surface area contributed by atoms with Gasteiger partial charge in [0.1, 0.15) is 8.55 Å². The molecule has 0 fully saturated rings. The second kappa shape index (κ2) is 1.55. The van der Waals surface area contributed by atoms with Crippen molar-refractivity contribution in [2.45, 2.75) is 12.6 Å². The third-order valence-corrected chi connectivity index (χ3v) is 0.344. The monoisotopic (exact) mass is 92.1 g/mol. The molecule has 3 heteroatoms. The zero-order valence-corrected chi connectivity index (χ0v) is 3.65. The van der Waals surface area contributed by atoms with Crippen LogP contribution < -0.4 is 11.5 Å². The summed E-state index contributed by atoms with van der Waals surface area (Å²) in [4.78, 5) is 0. The summed E-state index contributed by atoms with van der Waals surface area (Å²) >= 11 is 0. The molecule has 0 amide bonds. The van der Waals surface area contributed by atoms with Gasteiger partial charge in [-0.1, -0.05) is 0 Å². The fourth-order valence-electron chi connectivity index (χ4n) is 0. The Morgan fingerprint density at radius 1 is 2.17 bits per heavy atom. The molecule has 0 aliphatic carbocycles. The highest BCUT2D eigenvalue weighted by Crippen LogP contribution is 1.82. The lowest BCUT2D eigenvalue weighted by molar-refractivity contribution is 0.0766. The van der Waals surface area contributed by atoms with E-state index in [1.54, 1.807) is 0 Å². The molecule has 0 spiro atoms. The van der Waals surface area contributed by atoms with Crippen molar-refractivity contribution in [1.82, 2.24) is 0 Å². The van der Waals surface area contributed by atoms with Gasteiger partial charge >= 0.3 is 0 Å². The minimum atomic E-state index is -1.29. The van der Waals surface area contributed by atoms with Gasteiger partial charge in [0.25, 0.3) is 0 Å². The minimum absolute atomic E-state index is 0.0382. The molecule has 3 nitrogen and oxygen atoms in total. The molecular weight excluding hydrogens is 80.0 g/mol. The first-order chi connectivity index (χ1) is 3.62. The maximum atomic E-state index is 8.84. The van der Waals surface area contributed by atoms with Crippen LogP contribution in [0.2, 0.25) is 2.82 Å². The van der Waals surface area contributed by atoms with Crippen molar-refractivity contribution >= 4 is 0 Å². The standard InChI is InChI=1S/C3H10N2O/c1-3(5,6)2-4/h6H,2,4-5H2,1H3/i/hD2. The molecule has 0 heterocycles. The molecule has 0 rings (SSSR count). The van der Waals surface area contributed by atoms with Crippen LogP contribution in [-0.2, 0) is 0 Å². The molecule has 0 aliphatic rings. The molecule has 1 atom stereocenters. The zero-order valence-electron chi connectivity index (χ0n) is 5.65. The second-order valence-corrected chi connectivity index (χ2v) is 1.45. The minimum Gasteiger partial charge on any atom is -0.375 e. The van der Waals surface area contributed by atoms with Crippen LogP contribution in [0.3, 0.4) is 0 Å². The Balaban J connectivity index is 3.37. The average Bonchev–Trinajstić information content (AvgIpc) is 1.67. The maximum Gasteiger partial charge on any atom is 0.123 e. The first kappa shape index (κ1) is 2.96. The molecule has 0 bridgehead atoms. The Morgan fingerprint density at radius 3 is 3.00 bits per heavy atom. The van der Waals surface area contributed by atoms with E-state index in [0.29, 0.717) is 0 Å². The summed E-state index contributed by atoms with van der Waals surface area (Å²) in [6, 6.07) is 0. The summed E-state index contributed by atoms with van der Waals surface area (Å²) in [5.41, 5.74) is 2.55. The van der Waals surface area contributed by atoms with E-state index in [0.717, 1.165) is 0 Å². The predicted molar refractivity (Wildman–Crippen MR) is 23.9 cm³/mol. The SMILES string of the molecule is [2H]NCC(C)(O)N[2H]. The van der Waals surface area contributed by atoms with E-state index in [4.69, 9.17) is 7.93 Å². The summed E-state index contributed by atoms with van der Waals surface area (Å²) in [6.07, 6.45) is 0. The maximum absolute atomic E-state index is 8.84. The summed E-state index contributed by atoms with van der Waals surface area (Å²) in [5, 5.41) is 8.84. The fourth-order valence-corrected chi connectivity index (χ4v) is 0. The van der Waals surface area contributed by atoms with Gasteiger partial charge in [0, 0.05) is 6.54 Å². The van der Waals surface area contributed by atoms with Crippen molar-refractivity contribution in [2.75, 3.05) is 6.54 Å². The van der Waals surface area contributed by atoms with Crippen LogP contribution in [0.1, 0.15) is 6.92 Å². The quantitative estimate of drug-likeness (QED) is 0.375. The Kier molecular flexibility index (Phi) is 0.765. The van der Waals surface area contributed by atoms with E-state index >= 15 is 0 Å². The van der Waals surface area contributed by atoms with Gasteiger partial charge in [-0.3, -0.25) is 0 Å². The predicted octanol–water partition coefficient (Wildman–Crippen LogP) is -1.39. The van der Waals surface area contributed by atoms with Crippen LogP contribution in [0.5, 0.6) is 0 Å². The van der Waals surface area contributed by atoms with E-state index in [9.17, 15) is 0 Å². The van der Waals surface area contributed by atoms with Crippen LogP contribution in [-0.4, -0.2) is 17.4 Å². The van der Waals surface area contributed by atoms with Gasteiger partial charge in [-0.15, -0.1) is 0 Å². The van der Waals surface area contributed by atoms with Gasteiger partial charge in [0.15, 0.2) is 0 Å². The fraction of sp³-hybridized carbons (Fsp3) is 1.00. The third-order valence-electron chi connectivity index (χ3n) is 0.344. The Morgan fingerprint density at radius 2 is 2.83 bits per heavy atom. The second-order valence-electron chi connectivity index (χ2n) is 1.45. The molecule has 0 aliphatic heterocycles. The van der Waals surface area contributed by atoms with E-state index in [1.807, 2.05) is 11.5 Å². The molecule has 0 saturated carbocycles. The molecule has 0 aromatic carbocycles. The molecule has 0 aromatic rings. The molecule has 1 unspecified atom stereocenters. The van der Waals surface area contributed by atoms with E-state index < -0.39 is 5.72 Å². The molecular formula is C3H10N2O. The lowest BCUT2D eigenvalue weighted by Gasteiger charge is -2.11. The van der Waals surface area contributed by atoms with Crippen LogP contribution in [0.25, 0.3) is 0 Å². The molecule has 0 radical (unpaired) electrons. The highest BCUT2D eigenvalue weighted by molar-refractivity contribution is 4.60. The summed E-state index contributed by atoms with van der Waals surface area (Å²) in [5.74, 6) is 0. The summed E-state index contributed by atoms with van der Waals surface area (Å²) < 4.78 is 12.9. The molecule has 38 valence electrons. The lowest BCUT2D eigenvalue weighted by atomic mass is 10.3. The highest BCUT2D eigenvalue weighted by atomic mass is 16.3. The largest absolute Gasteiger partial charge is 0.375 e. The van der Waals surface area contributed by atoms with Gasteiger partial charge in [-0.25, -0.2) is 0 Å². The summed E-state index contributed by atoms with van der Waals surface area (Å²) in [6.45, 7) is 1.44. The first-order valence-electron chi connectivity index (χ1n) is 2.68.